The number of hydrogen-bond donors (Lipinski definition) is 2. The molecule has 4 nitrogen and oxygen atoms in total. The van der Waals surface area contributed by atoms with Gasteiger partial charge in [-0.3, -0.25) is 4.79 Å². The average molecular weight is 476 g/mol. The Hall–Kier alpha value is -2.08. The van der Waals surface area contributed by atoms with Gasteiger partial charge in [-0.15, -0.1) is 11.3 Å². The molecule has 0 spiro atoms. The van der Waals surface area contributed by atoms with Gasteiger partial charge in [-0.05, 0) is 48.1 Å². The van der Waals surface area contributed by atoms with Gasteiger partial charge in [0.15, 0.2) is 5.13 Å². The summed E-state index contributed by atoms with van der Waals surface area (Å²) < 4.78 is 0. The Morgan fingerprint density at radius 3 is 2.39 bits per heavy atom. The lowest BCUT2D eigenvalue weighted by atomic mass is 9.84. The lowest BCUT2D eigenvalue weighted by Gasteiger charge is -2.22. The second-order valence-electron chi connectivity index (χ2n) is 8.99. The van der Waals surface area contributed by atoms with Gasteiger partial charge in [0.05, 0.1) is 15.7 Å². The SMILES string of the molecule is CC(CC(=O)Nc1ccc(-c2csc(Nc3ccc(Cl)c(Cl)c3)n2)cc1)CC(C)(C)C. The van der Waals surface area contributed by atoms with Crippen molar-refractivity contribution in [3.63, 3.8) is 0 Å². The monoisotopic (exact) mass is 475 g/mol. The van der Waals surface area contributed by atoms with Gasteiger partial charge in [-0.25, -0.2) is 4.98 Å². The number of amides is 1. The Morgan fingerprint density at radius 1 is 1.06 bits per heavy atom. The van der Waals surface area contributed by atoms with Crippen LogP contribution in [0.15, 0.2) is 47.8 Å². The summed E-state index contributed by atoms with van der Waals surface area (Å²) >= 11 is 13.5. The molecule has 3 aromatic rings. The van der Waals surface area contributed by atoms with E-state index >= 15 is 0 Å². The highest BCUT2D eigenvalue weighted by molar-refractivity contribution is 7.14. The minimum atomic E-state index is 0.0475. The number of nitrogens with zero attached hydrogens (tertiary/aromatic N) is 1. The van der Waals surface area contributed by atoms with Crippen LogP contribution < -0.4 is 10.6 Å². The molecule has 0 radical (unpaired) electrons. The highest BCUT2D eigenvalue weighted by Crippen LogP contribution is 2.31. The quantitative estimate of drug-likeness (QED) is 0.361. The number of aromatic nitrogens is 1. The fourth-order valence-electron chi connectivity index (χ4n) is 3.53. The number of carbonyl (C=O) groups is 1. The molecule has 0 bridgehead atoms. The van der Waals surface area contributed by atoms with Crippen LogP contribution in [-0.2, 0) is 4.79 Å². The Bertz CT molecular complexity index is 1040. The zero-order chi connectivity index (χ0) is 22.6. The van der Waals surface area contributed by atoms with Gasteiger partial charge in [0, 0.05) is 28.7 Å². The maximum absolute atomic E-state index is 12.3. The molecule has 3 rings (SSSR count). The predicted molar refractivity (Wildman–Crippen MR) is 134 cm³/mol. The van der Waals surface area contributed by atoms with Crippen LogP contribution >= 0.6 is 34.5 Å². The van der Waals surface area contributed by atoms with Crippen molar-refractivity contribution in [2.75, 3.05) is 10.6 Å². The topological polar surface area (TPSA) is 54.0 Å². The molecule has 0 saturated carbocycles. The van der Waals surface area contributed by atoms with Gasteiger partial charge in [-0.2, -0.15) is 0 Å². The molecule has 164 valence electrons. The van der Waals surface area contributed by atoms with E-state index in [1.165, 1.54) is 11.3 Å². The summed E-state index contributed by atoms with van der Waals surface area (Å²) in [5, 5.41) is 9.99. The molecule has 31 heavy (non-hydrogen) atoms. The second-order valence-corrected chi connectivity index (χ2v) is 10.7. The Morgan fingerprint density at radius 2 is 1.74 bits per heavy atom. The van der Waals surface area contributed by atoms with Crippen LogP contribution in [0.2, 0.25) is 10.0 Å². The molecule has 1 aromatic heterocycles. The zero-order valence-electron chi connectivity index (χ0n) is 18.1. The maximum atomic E-state index is 12.3. The van der Waals surface area contributed by atoms with Gasteiger partial charge in [0.25, 0.3) is 0 Å². The minimum Gasteiger partial charge on any atom is -0.331 e. The molecule has 0 aliphatic carbocycles. The number of anilines is 3. The van der Waals surface area contributed by atoms with E-state index in [9.17, 15) is 4.79 Å². The first kappa shape index (κ1) is 23.6. The minimum absolute atomic E-state index is 0.0475. The van der Waals surface area contributed by atoms with Gasteiger partial charge < -0.3 is 10.6 Å². The van der Waals surface area contributed by atoms with Crippen LogP contribution in [0.4, 0.5) is 16.5 Å². The highest BCUT2D eigenvalue weighted by Gasteiger charge is 2.18. The van der Waals surface area contributed by atoms with Crippen molar-refractivity contribution in [1.82, 2.24) is 4.98 Å². The summed E-state index contributed by atoms with van der Waals surface area (Å²) in [6.45, 7) is 8.72. The largest absolute Gasteiger partial charge is 0.331 e. The molecule has 0 fully saturated rings. The van der Waals surface area contributed by atoms with Crippen LogP contribution in [-0.4, -0.2) is 10.9 Å². The predicted octanol–water partition coefficient (Wildman–Crippen LogP) is 8.26. The van der Waals surface area contributed by atoms with E-state index in [1.807, 2.05) is 35.7 Å². The van der Waals surface area contributed by atoms with Crippen LogP contribution in [0, 0.1) is 11.3 Å². The second kappa shape index (κ2) is 10.0. The molecule has 1 unspecified atom stereocenters. The Balaban J connectivity index is 1.59. The molecule has 2 aromatic carbocycles. The van der Waals surface area contributed by atoms with Gasteiger partial charge in [0.2, 0.25) is 5.91 Å². The zero-order valence-corrected chi connectivity index (χ0v) is 20.5. The summed E-state index contributed by atoms with van der Waals surface area (Å²) in [5.74, 6) is 0.391. The van der Waals surface area contributed by atoms with Gasteiger partial charge >= 0.3 is 0 Å². The van der Waals surface area contributed by atoms with E-state index in [1.54, 1.807) is 12.1 Å². The summed E-state index contributed by atoms with van der Waals surface area (Å²) in [6.07, 6.45) is 1.54. The lowest BCUT2D eigenvalue weighted by Crippen LogP contribution is -2.18. The number of halogens is 2. The van der Waals surface area contributed by atoms with E-state index in [2.05, 4.69) is 43.3 Å². The average Bonchev–Trinajstić information content (AvgIpc) is 3.12. The van der Waals surface area contributed by atoms with Crippen molar-refractivity contribution in [2.45, 2.75) is 40.5 Å². The number of thiazole rings is 1. The summed E-state index contributed by atoms with van der Waals surface area (Å²) in [6, 6.07) is 13.1. The summed E-state index contributed by atoms with van der Waals surface area (Å²) in [4.78, 5) is 17.0. The standard InChI is InChI=1S/C24H27Cl2N3OS/c1-15(13-24(2,3)4)11-22(30)27-17-7-5-16(6-8-17)21-14-31-23(29-21)28-18-9-10-19(25)20(26)12-18/h5-10,12,14-15H,11,13H2,1-4H3,(H,27,30)(H,28,29). The third-order valence-corrected chi connectivity index (χ3v) is 6.13. The molecule has 1 heterocycles. The van der Waals surface area contributed by atoms with Crippen molar-refractivity contribution in [3.05, 3.63) is 57.9 Å². The van der Waals surface area contributed by atoms with Gasteiger partial charge in [0.1, 0.15) is 0 Å². The van der Waals surface area contributed by atoms with Crippen molar-refractivity contribution >= 4 is 57.0 Å². The van der Waals surface area contributed by atoms with Crippen LogP contribution in [0.1, 0.15) is 40.5 Å². The summed E-state index contributed by atoms with van der Waals surface area (Å²) in [5.41, 5.74) is 3.69. The van der Waals surface area contributed by atoms with Crippen molar-refractivity contribution in [2.24, 2.45) is 11.3 Å². The van der Waals surface area contributed by atoms with Crippen molar-refractivity contribution < 1.29 is 4.79 Å². The first-order chi connectivity index (χ1) is 14.6. The van der Waals surface area contributed by atoms with Crippen LogP contribution in [0.25, 0.3) is 11.3 Å². The smallest absolute Gasteiger partial charge is 0.224 e. The first-order valence-electron chi connectivity index (χ1n) is 10.2. The molecular weight excluding hydrogens is 449 g/mol. The normalized spacial score (nSPS) is 12.5. The maximum Gasteiger partial charge on any atom is 0.224 e. The molecule has 7 heteroatoms. The van der Waals surface area contributed by atoms with Crippen molar-refractivity contribution in [1.29, 1.82) is 0 Å². The van der Waals surface area contributed by atoms with Crippen molar-refractivity contribution in [3.8, 4) is 11.3 Å². The Labute approximate surface area is 198 Å². The van der Waals surface area contributed by atoms with E-state index in [0.29, 0.717) is 22.4 Å². The van der Waals surface area contributed by atoms with Crippen LogP contribution in [0.5, 0.6) is 0 Å². The lowest BCUT2D eigenvalue weighted by molar-refractivity contribution is -0.117. The number of benzene rings is 2. The number of nitrogens with one attached hydrogen (secondary N) is 2. The molecule has 0 aliphatic heterocycles. The Kier molecular flexibility index (Phi) is 7.63. The molecule has 2 N–H and O–H groups in total. The number of carbonyl (C=O) groups excluding carboxylic acids is 1. The molecule has 0 saturated heterocycles. The molecule has 0 aliphatic rings. The summed E-state index contributed by atoms with van der Waals surface area (Å²) in [7, 11) is 0. The fourth-order valence-corrected chi connectivity index (χ4v) is 4.57. The number of hydrogen-bond acceptors (Lipinski definition) is 4. The first-order valence-corrected chi connectivity index (χ1v) is 11.8. The fraction of sp³-hybridized carbons (Fsp3) is 0.333. The number of rotatable bonds is 7. The van der Waals surface area contributed by atoms with Gasteiger partial charge in [-0.1, -0.05) is 63.0 Å². The third-order valence-electron chi connectivity index (χ3n) is 4.63. The highest BCUT2D eigenvalue weighted by atomic mass is 35.5. The molecule has 1 atom stereocenters. The van der Waals surface area contributed by atoms with E-state index < -0.39 is 0 Å². The van der Waals surface area contributed by atoms with E-state index in [4.69, 9.17) is 23.2 Å². The van der Waals surface area contributed by atoms with E-state index in [0.717, 1.165) is 34.2 Å². The molecule has 1 amide bonds. The van der Waals surface area contributed by atoms with Crippen LogP contribution in [0.3, 0.4) is 0 Å². The molecular formula is C24H27Cl2N3OS. The van der Waals surface area contributed by atoms with E-state index in [-0.39, 0.29) is 11.3 Å². The third kappa shape index (κ3) is 7.23.